The lowest BCUT2D eigenvalue weighted by atomic mass is 10.2. The van der Waals surface area contributed by atoms with Crippen molar-refractivity contribution in [2.24, 2.45) is 5.92 Å². The van der Waals surface area contributed by atoms with Gasteiger partial charge in [-0.2, -0.15) is 17.5 Å². The number of halogens is 3. The second-order valence-corrected chi connectivity index (χ2v) is 13.3. The topological polar surface area (TPSA) is 71.5 Å². The molecule has 0 unspecified atom stereocenters. The van der Waals surface area contributed by atoms with Crippen LogP contribution in [0.4, 0.5) is 13.2 Å². The molecular formula is C23H24F3NO4S3. The first-order chi connectivity index (χ1) is 15.7. The Balaban J connectivity index is 1.98. The van der Waals surface area contributed by atoms with E-state index in [1.807, 2.05) is 0 Å². The Labute approximate surface area is 201 Å². The van der Waals surface area contributed by atoms with Gasteiger partial charge >= 0.3 is 6.18 Å². The maximum Gasteiger partial charge on any atom is 0.417 e. The molecule has 0 saturated heterocycles. The van der Waals surface area contributed by atoms with Gasteiger partial charge in [-0.15, -0.1) is 11.3 Å². The van der Waals surface area contributed by atoms with Crippen LogP contribution in [0, 0.1) is 5.92 Å². The van der Waals surface area contributed by atoms with E-state index in [1.54, 1.807) is 38.1 Å². The van der Waals surface area contributed by atoms with Gasteiger partial charge < -0.3 is 0 Å². The molecule has 11 heteroatoms. The molecule has 0 amide bonds. The minimum absolute atomic E-state index is 0.0331. The van der Waals surface area contributed by atoms with Gasteiger partial charge in [0.15, 0.2) is 9.84 Å². The average Bonchev–Trinajstić information content (AvgIpc) is 3.20. The zero-order valence-corrected chi connectivity index (χ0v) is 21.2. The monoisotopic (exact) mass is 531 g/mol. The van der Waals surface area contributed by atoms with Crippen LogP contribution in [0.2, 0.25) is 0 Å². The summed E-state index contributed by atoms with van der Waals surface area (Å²) < 4.78 is 92.0. The molecule has 0 saturated carbocycles. The highest BCUT2D eigenvalue weighted by atomic mass is 32.2. The summed E-state index contributed by atoms with van der Waals surface area (Å²) in [6, 6.07) is 14.0. The van der Waals surface area contributed by atoms with E-state index in [-0.39, 0.29) is 23.9 Å². The number of rotatable bonds is 8. The molecule has 0 aliphatic heterocycles. The fourth-order valence-corrected chi connectivity index (χ4v) is 6.95. The van der Waals surface area contributed by atoms with E-state index in [0.29, 0.717) is 10.4 Å². The SMILES string of the molecule is CC(C)CN(Cc1ccc(-c2cccc(S(C)(=O)=O)c2)s1)S(=O)(=O)c1ccccc1C(F)(F)F. The van der Waals surface area contributed by atoms with E-state index in [4.69, 9.17) is 0 Å². The predicted molar refractivity (Wildman–Crippen MR) is 127 cm³/mol. The summed E-state index contributed by atoms with van der Waals surface area (Å²) in [6.07, 6.45) is -3.70. The summed E-state index contributed by atoms with van der Waals surface area (Å²) in [7, 11) is -7.85. The lowest BCUT2D eigenvalue weighted by Gasteiger charge is -2.25. The smallest absolute Gasteiger partial charge is 0.224 e. The van der Waals surface area contributed by atoms with Crippen LogP contribution in [0.5, 0.6) is 0 Å². The lowest BCUT2D eigenvalue weighted by Crippen LogP contribution is -2.34. The molecule has 0 bridgehead atoms. The molecule has 1 heterocycles. The van der Waals surface area contributed by atoms with Crippen LogP contribution < -0.4 is 0 Å². The summed E-state index contributed by atoms with van der Waals surface area (Å²) >= 11 is 1.26. The number of sulfonamides is 1. The van der Waals surface area contributed by atoms with Crippen LogP contribution in [-0.4, -0.2) is 33.9 Å². The Bertz CT molecular complexity index is 1380. The van der Waals surface area contributed by atoms with Crippen LogP contribution in [0.3, 0.4) is 0 Å². The third kappa shape index (κ3) is 6.07. The molecule has 184 valence electrons. The van der Waals surface area contributed by atoms with Gasteiger partial charge in [-0.3, -0.25) is 0 Å². The summed E-state index contributed by atoms with van der Waals surface area (Å²) in [4.78, 5) is 0.722. The van der Waals surface area contributed by atoms with Crippen LogP contribution in [0.25, 0.3) is 10.4 Å². The predicted octanol–water partition coefficient (Wildman–Crippen LogP) is 5.68. The molecule has 0 N–H and O–H groups in total. The molecule has 0 fully saturated rings. The number of benzene rings is 2. The number of thiophene rings is 1. The van der Waals surface area contributed by atoms with E-state index in [1.165, 1.54) is 29.5 Å². The highest BCUT2D eigenvalue weighted by Gasteiger charge is 2.39. The van der Waals surface area contributed by atoms with Crippen molar-refractivity contribution >= 4 is 31.2 Å². The minimum atomic E-state index is -4.81. The van der Waals surface area contributed by atoms with Crippen LogP contribution >= 0.6 is 11.3 Å². The van der Waals surface area contributed by atoms with Gasteiger partial charge in [-0.05, 0) is 47.9 Å². The summed E-state index contributed by atoms with van der Waals surface area (Å²) in [5, 5.41) is 0. The number of alkyl halides is 3. The van der Waals surface area contributed by atoms with Crippen molar-refractivity contribution in [3.63, 3.8) is 0 Å². The third-order valence-corrected chi connectivity index (χ3v) is 9.02. The molecule has 2 aromatic carbocycles. The normalized spacial score (nSPS) is 13.1. The van der Waals surface area contributed by atoms with Crippen LogP contribution in [-0.2, 0) is 32.6 Å². The zero-order valence-electron chi connectivity index (χ0n) is 18.7. The number of nitrogens with zero attached hydrogens (tertiary/aromatic N) is 1. The summed E-state index contributed by atoms with van der Waals surface area (Å²) in [5.41, 5.74) is -0.548. The van der Waals surface area contributed by atoms with E-state index >= 15 is 0 Å². The quantitative estimate of drug-likeness (QED) is 0.375. The number of hydrogen-bond donors (Lipinski definition) is 0. The fourth-order valence-electron chi connectivity index (χ4n) is 3.39. The highest BCUT2D eigenvalue weighted by Crippen LogP contribution is 2.36. The molecule has 34 heavy (non-hydrogen) atoms. The van der Waals surface area contributed by atoms with Crippen molar-refractivity contribution in [2.75, 3.05) is 12.8 Å². The fraction of sp³-hybridized carbons (Fsp3) is 0.304. The van der Waals surface area contributed by atoms with Gasteiger partial charge in [0.25, 0.3) is 0 Å². The molecule has 0 spiro atoms. The Hall–Kier alpha value is -2.21. The van der Waals surface area contributed by atoms with Gasteiger partial charge in [-0.1, -0.05) is 38.1 Å². The first-order valence-electron chi connectivity index (χ1n) is 10.2. The standard InChI is InChI=1S/C23H24F3NO4S3/c1-16(2)14-27(34(30,31)22-10-5-4-9-20(22)23(24,25)26)15-18-11-12-21(32-18)17-7-6-8-19(13-17)33(3,28)29/h4-13,16H,14-15H2,1-3H3. The molecule has 0 radical (unpaired) electrons. The molecule has 1 aromatic heterocycles. The van der Waals surface area contributed by atoms with Crippen molar-refractivity contribution in [1.82, 2.24) is 4.31 Å². The maximum absolute atomic E-state index is 13.5. The van der Waals surface area contributed by atoms with Crippen molar-refractivity contribution in [2.45, 2.75) is 36.4 Å². The second kappa shape index (κ2) is 9.80. The van der Waals surface area contributed by atoms with Gasteiger partial charge in [0.1, 0.15) is 0 Å². The van der Waals surface area contributed by atoms with E-state index in [0.717, 1.165) is 33.6 Å². The van der Waals surface area contributed by atoms with Crippen molar-refractivity contribution < 1.29 is 30.0 Å². The summed E-state index contributed by atoms with van der Waals surface area (Å²) in [6.45, 7) is 3.50. The molecule has 3 rings (SSSR count). The first kappa shape index (κ1) is 26.4. The Morgan fingerprint density at radius 2 is 1.62 bits per heavy atom. The Morgan fingerprint density at radius 3 is 2.24 bits per heavy atom. The molecule has 0 aliphatic carbocycles. The van der Waals surface area contributed by atoms with Crippen molar-refractivity contribution in [3.8, 4) is 10.4 Å². The van der Waals surface area contributed by atoms with Gasteiger partial charge in [0, 0.05) is 29.1 Å². The molecule has 5 nitrogen and oxygen atoms in total. The average molecular weight is 532 g/mol. The molecule has 0 aliphatic rings. The molecule has 3 aromatic rings. The van der Waals surface area contributed by atoms with Crippen molar-refractivity contribution in [3.05, 3.63) is 71.1 Å². The van der Waals surface area contributed by atoms with E-state index in [2.05, 4.69) is 0 Å². The number of hydrogen-bond acceptors (Lipinski definition) is 5. The second-order valence-electron chi connectivity index (χ2n) is 8.25. The van der Waals surface area contributed by atoms with Gasteiger partial charge in [0.05, 0.1) is 15.4 Å². The van der Waals surface area contributed by atoms with Crippen LogP contribution in [0.15, 0.2) is 70.5 Å². The lowest BCUT2D eigenvalue weighted by molar-refractivity contribution is -0.139. The third-order valence-electron chi connectivity index (χ3n) is 4.92. The Morgan fingerprint density at radius 1 is 0.941 bits per heavy atom. The first-order valence-corrected chi connectivity index (χ1v) is 14.4. The Kier molecular flexibility index (Phi) is 7.61. The molecular weight excluding hydrogens is 507 g/mol. The van der Waals surface area contributed by atoms with Gasteiger partial charge in [0.2, 0.25) is 10.0 Å². The largest absolute Gasteiger partial charge is 0.417 e. The zero-order chi connectivity index (χ0) is 25.3. The van der Waals surface area contributed by atoms with E-state index in [9.17, 15) is 30.0 Å². The summed E-state index contributed by atoms with van der Waals surface area (Å²) in [5.74, 6) is -0.126. The number of sulfone groups is 1. The highest BCUT2D eigenvalue weighted by molar-refractivity contribution is 7.90. The van der Waals surface area contributed by atoms with E-state index < -0.39 is 36.5 Å². The minimum Gasteiger partial charge on any atom is -0.224 e. The van der Waals surface area contributed by atoms with Crippen molar-refractivity contribution in [1.29, 1.82) is 0 Å². The van der Waals surface area contributed by atoms with Gasteiger partial charge in [-0.25, -0.2) is 16.8 Å². The van der Waals surface area contributed by atoms with Crippen LogP contribution in [0.1, 0.15) is 24.3 Å². The molecule has 0 atom stereocenters. The maximum atomic E-state index is 13.5.